The van der Waals surface area contributed by atoms with Gasteiger partial charge >= 0.3 is 0 Å². The molecule has 1 aromatic rings. The molecule has 2 rings (SSSR count). The van der Waals surface area contributed by atoms with Crippen molar-refractivity contribution in [3.63, 3.8) is 0 Å². The molecule has 1 unspecified atom stereocenters. The average molecular weight is 247 g/mol. The van der Waals surface area contributed by atoms with E-state index in [0.29, 0.717) is 6.54 Å². The predicted molar refractivity (Wildman–Crippen MR) is 75.0 cm³/mol. The Kier molecular flexibility index (Phi) is 5.14. The smallest absolute Gasteiger partial charge is 0.0584 e. The minimum Gasteiger partial charge on any atom is -0.325 e. The van der Waals surface area contributed by atoms with E-state index in [1.807, 2.05) is 12.3 Å². The first-order chi connectivity index (χ1) is 8.83. The molecule has 0 aromatic carbocycles. The summed E-state index contributed by atoms with van der Waals surface area (Å²) in [6, 6.07) is 4.18. The van der Waals surface area contributed by atoms with Gasteiger partial charge in [-0.25, -0.2) is 0 Å². The largest absolute Gasteiger partial charge is 0.325 e. The zero-order valence-corrected chi connectivity index (χ0v) is 11.4. The number of nitrogens with two attached hydrogens (primary N) is 1. The van der Waals surface area contributed by atoms with Crippen LogP contribution in [0.15, 0.2) is 18.3 Å². The summed E-state index contributed by atoms with van der Waals surface area (Å²) in [5, 5.41) is 0. The minimum atomic E-state index is 0.543. The fraction of sp³-hybridized carbons (Fsp3) is 0.667. The van der Waals surface area contributed by atoms with Gasteiger partial charge in [-0.15, -0.1) is 0 Å². The highest BCUT2D eigenvalue weighted by atomic mass is 15.1. The van der Waals surface area contributed by atoms with E-state index in [2.05, 4.69) is 22.9 Å². The van der Waals surface area contributed by atoms with Crippen LogP contribution in [0.5, 0.6) is 0 Å². The molecule has 2 N–H and O–H groups in total. The second-order valence-electron chi connectivity index (χ2n) is 5.29. The molecule has 0 bridgehead atoms. The van der Waals surface area contributed by atoms with Gasteiger partial charge in [0.05, 0.1) is 5.69 Å². The molecule has 1 saturated heterocycles. The zero-order chi connectivity index (χ0) is 12.8. The highest BCUT2D eigenvalue weighted by Gasteiger charge is 2.16. The maximum absolute atomic E-state index is 5.75. The number of rotatable bonds is 4. The van der Waals surface area contributed by atoms with Gasteiger partial charge in [-0.1, -0.05) is 19.4 Å². The highest BCUT2D eigenvalue weighted by Crippen LogP contribution is 2.21. The van der Waals surface area contributed by atoms with Gasteiger partial charge in [-0.05, 0) is 49.9 Å². The summed E-state index contributed by atoms with van der Waals surface area (Å²) in [5.41, 5.74) is 8.10. The van der Waals surface area contributed by atoms with Crippen molar-refractivity contribution in [1.29, 1.82) is 0 Å². The van der Waals surface area contributed by atoms with Crippen LogP contribution in [0.1, 0.15) is 43.9 Å². The number of hydrogen-bond acceptors (Lipinski definition) is 3. The lowest BCUT2D eigenvalue weighted by Gasteiger charge is -2.21. The van der Waals surface area contributed by atoms with E-state index in [-0.39, 0.29) is 0 Å². The van der Waals surface area contributed by atoms with Gasteiger partial charge in [-0.3, -0.25) is 9.88 Å². The molecule has 1 atom stereocenters. The lowest BCUT2D eigenvalue weighted by atomic mass is 9.98. The molecule has 0 amide bonds. The second kappa shape index (κ2) is 6.86. The topological polar surface area (TPSA) is 42.2 Å². The first kappa shape index (κ1) is 13.5. The molecule has 2 heterocycles. The summed E-state index contributed by atoms with van der Waals surface area (Å²) in [7, 11) is 0. The number of hydrogen-bond donors (Lipinski definition) is 1. The molecule has 3 nitrogen and oxygen atoms in total. The Morgan fingerprint density at radius 2 is 2.28 bits per heavy atom. The first-order valence-electron chi connectivity index (χ1n) is 7.18. The Labute approximate surface area is 110 Å². The van der Waals surface area contributed by atoms with E-state index >= 15 is 0 Å². The Morgan fingerprint density at radius 3 is 3.06 bits per heavy atom. The average Bonchev–Trinajstić information content (AvgIpc) is 2.64. The van der Waals surface area contributed by atoms with Gasteiger partial charge < -0.3 is 5.73 Å². The Balaban J connectivity index is 1.96. The maximum atomic E-state index is 5.75. The van der Waals surface area contributed by atoms with E-state index in [1.54, 1.807) is 0 Å². The second-order valence-corrected chi connectivity index (χ2v) is 5.29. The van der Waals surface area contributed by atoms with Crippen LogP contribution >= 0.6 is 0 Å². The van der Waals surface area contributed by atoms with Crippen molar-refractivity contribution in [3.8, 4) is 0 Å². The third kappa shape index (κ3) is 3.53. The SMILES string of the molecule is CCC1CCCN(Cc2cccnc2CN)CC1. The van der Waals surface area contributed by atoms with Crippen molar-refractivity contribution >= 4 is 0 Å². The van der Waals surface area contributed by atoms with Crippen LogP contribution in [0.3, 0.4) is 0 Å². The first-order valence-corrected chi connectivity index (χ1v) is 7.18. The van der Waals surface area contributed by atoms with E-state index in [9.17, 15) is 0 Å². The van der Waals surface area contributed by atoms with Crippen molar-refractivity contribution in [1.82, 2.24) is 9.88 Å². The Bertz CT molecular complexity index is 365. The molecule has 1 aromatic heterocycles. The van der Waals surface area contributed by atoms with Crippen LogP contribution in [0.25, 0.3) is 0 Å². The monoisotopic (exact) mass is 247 g/mol. The molecule has 1 fully saturated rings. The van der Waals surface area contributed by atoms with Gasteiger partial charge in [0.2, 0.25) is 0 Å². The van der Waals surface area contributed by atoms with Crippen LogP contribution < -0.4 is 5.73 Å². The number of pyridine rings is 1. The molecule has 0 aliphatic carbocycles. The fourth-order valence-corrected chi connectivity index (χ4v) is 2.83. The fourth-order valence-electron chi connectivity index (χ4n) is 2.83. The van der Waals surface area contributed by atoms with Gasteiger partial charge in [0.15, 0.2) is 0 Å². The normalized spacial score (nSPS) is 21.8. The van der Waals surface area contributed by atoms with E-state index in [4.69, 9.17) is 5.73 Å². The molecule has 3 heteroatoms. The van der Waals surface area contributed by atoms with Crippen molar-refractivity contribution in [2.75, 3.05) is 13.1 Å². The summed E-state index contributed by atoms with van der Waals surface area (Å²) in [4.78, 5) is 6.93. The summed E-state index contributed by atoms with van der Waals surface area (Å²) >= 11 is 0. The van der Waals surface area contributed by atoms with Crippen molar-refractivity contribution in [2.24, 2.45) is 11.7 Å². The third-order valence-corrected chi connectivity index (χ3v) is 4.09. The van der Waals surface area contributed by atoms with E-state index in [1.165, 1.54) is 44.3 Å². The number of nitrogens with zero attached hydrogens (tertiary/aromatic N) is 2. The van der Waals surface area contributed by atoms with Crippen molar-refractivity contribution < 1.29 is 0 Å². The molecule has 100 valence electrons. The molecule has 1 aliphatic heterocycles. The van der Waals surface area contributed by atoms with Gasteiger partial charge in [0, 0.05) is 19.3 Å². The summed E-state index contributed by atoms with van der Waals surface area (Å²) in [5.74, 6) is 0.929. The molecule has 18 heavy (non-hydrogen) atoms. The highest BCUT2D eigenvalue weighted by molar-refractivity contribution is 5.19. The van der Waals surface area contributed by atoms with Crippen LogP contribution in [-0.4, -0.2) is 23.0 Å². The quantitative estimate of drug-likeness (QED) is 0.889. The Hall–Kier alpha value is -0.930. The third-order valence-electron chi connectivity index (χ3n) is 4.09. The maximum Gasteiger partial charge on any atom is 0.0584 e. The van der Waals surface area contributed by atoms with Crippen molar-refractivity contribution in [2.45, 2.75) is 45.7 Å². The Morgan fingerprint density at radius 1 is 1.39 bits per heavy atom. The number of likely N-dealkylation sites (tertiary alicyclic amines) is 1. The van der Waals surface area contributed by atoms with Crippen LogP contribution in [0.2, 0.25) is 0 Å². The number of aromatic nitrogens is 1. The summed E-state index contributed by atoms with van der Waals surface area (Å²) < 4.78 is 0. The van der Waals surface area contributed by atoms with E-state index < -0.39 is 0 Å². The molecular formula is C15H25N3. The zero-order valence-electron chi connectivity index (χ0n) is 11.4. The minimum absolute atomic E-state index is 0.543. The van der Waals surface area contributed by atoms with E-state index in [0.717, 1.165) is 18.2 Å². The standard InChI is InChI=1S/C15H25N3/c1-2-13-5-4-9-18(10-7-13)12-14-6-3-8-17-15(14)11-16/h3,6,8,13H,2,4-5,7,9-12,16H2,1H3. The molecular weight excluding hydrogens is 222 g/mol. The van der Waals surface area contributed by atoms with Crippen molar-refractivity contribution in [3.05, 3.63) is 29.6 Å². The molecule has 0 spiro atoms. The van der Waals surface area contributed by atoms with Gasteiger partial charge in [0.25, 0.3) is 0 Å². The van der Waals surface area contributed by atoms with Crippen LogP contribution in [0.4, 0.5) is 0 Å². The predicted octanol–water partition coefficient (Wildman–Crippen LogP) is 2.55. The van der Waals surface area contributed by atoms with Crippen LogP contribution in [-0.2, 0) is 13.1 Å². The molecule has 0 radical (unpaired) electrons. The van der Waals surface area contributed by atoms with Gasteiger partial charge in [0.1, 0.15) is 0 Å². The molecule has 0 saturated carbocycles. The lowest BCUT2D eigenvalue weighted by Crippen LogP contribution is -2.25. The summed E-state index contributed by atoms with van der Waals surface area (Å²) in [6.45, 7) is 6.30. The van der Waals surface area contributed by atoms with Crippen LogP contribution in [0, 0.1) is 5.92 Å². The molecule has 1 aliphatic rings. The van der Waals surface area contributed by atoms with Gasteiger partial charge in [-0.2, -0.15) is 0 Å². The lowest BCUT2D eigenvalue weighted by molar-refractivity contribution is 0.271. The summed E-state index contributed by atoms with van der Waals surface area (Å²) in [6.07, 6.45) is 7.23.